The van der Waals surface area contributed by atoms with Crippen molar-refractivity contribution in [1.29, 1.82) is 0 Å². The van der Waals surface area contributed by atoms with Gasteiger partial charge in [-0.15, -0.1) is 0 Å². The van der Waals surface area contributed by atoms with Gasteiger partial charge in [-0.05, 0) is 19.3 Å². The molecule has 226 valence electrons. The molecule has 1 aromatic rings. The Morgan fingerprint density at radius 1 is 0.447 bits per heavy atom. The molecule has 0 aliphatic carbocycles. The highest BCUT2D eigenvalue weighted by Crippen LogP contribution is 2.14. The van der Waals surface area contributed by atoms with Gasteiger partial charge in [0.1, 0.15) is 12.4 Å². The summed E-state index contributed by atoms with van der Waals surface area (Å²) in [6.07, 6.45) is 45.9. The normalized spacial score (nSPS) is 11.2. The molecule has 0 saturated carbocycles. The minimum atomic E-state index is 0. The van der Waals surface area contributed by atoms with Gasteiger partial charge in [0.15, 0.2) is 0 Å². The van der Waals surface area contributed by atoms with Crippen molar-refractivity contribution in [3.63, 3.8) is 0 Å². The van der Waals surface area contributed by atoms with Crippen LogP contribution in [0.15, 0.2) is 12.4 Å². The summed E-state index contributed by atoms with van der Waals surface area (Å²) < 4.78 is 2.49. The van der Waals surface area contributed by atoms with Crippen molar-refractivity contribution in [3.05, 3.63) is 18.2 Å². The van der Waals surface area contributed by atoms with Crippen molar-refractivity contribution in [2.45, 2.75) is 207 Å². The highest BCUT2D eigenvalue weighted by Gasteiger charge is 2.09. The molecule has 0 atom stereocenters. The first-order valence-corrected chi connectivity index (χ1v) is 17.4. The van der Waals surface area contributed by atoms with Gasteiger partial charge in [0.05, 0.1) is 6.54 Å². The fourth-order valence-electron chi connectivity index (χ4n) is 5.79. The molecule has 0 aliphatic rings. The summed E-state index contributed by atoms with van der Waals surface area (Å²) in [6.45, 7) is 5.81. The van der Waals surface area contributed by atoms with Crippen LogP contribution >= 0.6 is 0 Å². The Kier molecular flexibility index (Phi) is 30.6. The second-order valence-electron chi connectivity index (χ2n) is 12.0. The molecule has 0 bridgehead atoms. The number of unbranched alkanes of at least 4 members (excludes halogenated alkanes) is 26. The molecule has 0 spiro atoms. The quantitative estimate of drug-likeness (QED) is 0.0726. The molecule has 1 aromatic heterocycles. The lowest BCUT2D eigenvalue weighted by molar-refractivity contribution is -0.703. The van der Waals surface area contributed by atoms with Gasteiger partial charge in [-0.3, -0.25) is 0 Å². The molecule has 1 heterocycles. The van der Waals surface area contributed by atoms with Crippen molar-refractivity contribution in [2.75, 3.05) is 0 Å². The van der Waals surface area contributed by atoms with Crippen LogP contribution in [-0.2, 0) is 13.0 Å². The second kappa shape index (κ2) is 31.0. The number of aromatic nitrogens is 2. The maximum Gasteiger partial charge on any atom is 0.254 e. The van der Waals surface area contributed by atoms with E-state index in [4.69, 9.17) is 0 Å². The van der Waals surface area contributed by atoms with Crippen molar-refractivity contribution < 1.29 is 17.0 Å². The van der Waals surface area contributed by atoms with E-state index in [0.29, 0.717) is 0 Å². The third kappa shape index (κ3) is 24.5. The van der Waals surface area contributed by atoms with Gasteiger partial charge in [-0.2, -0.15) is 0 Å². The molecular weight excluding hydrogens is 484 g/mol. The number of nitrogens with one attached hydrogen (secondary N) is 1. The maximum absolute atomic E-state index is 3.51. The molecule has 0 saturated heterocycles. The molecule has 0 aliphatic heterocycles. The summed E-state index contributed by atoms with van der Waals surface area (Å²) in [6, 6.07) is 0. The Morgan fingerprint density at radius 3 is 1.13 bits per heavy atom. The van der Waals surface area contributed by atoms with E-state index in [1.54, 1.807) is 0 Å². The van der Waals surface area contributed by atoms with Crippen molar-refractivity contribution in [3.8, 4) is 0 Å². The standard InChI is InChI=1S/C35H68N2.ClH/c1-3-5-7-9-11-13-15-17-19-21-23-25-27-29-31-35-36-32-34-37(35)33-30-28-26-24-22-20-18-16-14-12-10-8-6-4-2;/h32,34H,3-31,33H2,1-2H3;1H. The number of H-pyrrole nitrogens is 1. The Balaban J connectivity index is 0.0000137. The summed E-state index contributed by atoms with van der Waals surface area (Å²) in [7, 11) is 0. The molecular formula is C35H69ClN2. The van der Waals surface area contributed by atoms with Crippen LogP contribution < -0.4 is 17.0 Å². The van der Waals surface area contributed by atoms with Crippen LogP contribution in [0.2, 0.25) is 0 Å². The monoisotopic (exact) mass is 553 g/mol. The van der Waals surface area contributed by atoms with Crippen molar-refractivity contribution in [2.24, 2.45) is 0 Å². The van der Waals surface area contributed by atoms with E-state index >= 15 is 0 Å². The van der Waals surface area contributed by atoms with Gasteiger partial charge in [0, 0.05) is 6.42 Å². The lowest BCUT2D eigenvalue weighted by Gasteiger charge is -2.04. The SMILES string of the molecule is CCCCCCCCCCCCCCCCc1[nH]cc[n+]1CCCCCCCCCCCCCCCC.[Cl-]. The predicted octanol–water partition coefficient (Wildman–Crippen LogP) is 8.81. The smallest absolute Gasteiger partial charge is 0.254 e. The minimum absolute atomic E-state index is 0. The lowest BCUT2D eigenvalue weighted by atomic mass is 10.0. The first kappa shape index (κ1) is 37.5. The van der Waals surface area contributed by atoms with E-state index in [-0.39, 0.29) is 12.4 Å². The number of aryl methyl sites for hydroxylation is 2. The van der Waals surface area contributed by atoms with Gasteiger partial charge < -0.3 is 12.4 Å². The van der Waals surface area contributed by atoms with E-state index in [1.807, 2.05) is 0 Å². The second-order valence-corrected chi connectivity index (χ2v) is 12.0. The third-order valence-electron chi connectivity index (χ3n) is 8.37. The summed E-state index contributed by atoms with van der Waals surface area (Å²) in [4.78, 5) is 3.51. The minimum Gasteiger partial charge on any atom is -1.00 e. The number of rotatable bonds is 30. The number of halogens is 1. The zero-order valence-electron chi connectivity index (χ0n) is 26.2. The first-order valence-electron chi connectivity index (χ1n) is 17.4. The van der Waals surface area contributed by atoms with Crippen LogP contribution in [0.3, 0.4) is 0 Å². The van der Waals surface area contributed by atoms with Crippen LogP contribution in [0.1, 0.15) is 199 Å². The van der Waals surface area contributed by atoms with E-state index in [2.05, 4.69) is 35.8 Å². The number of hydrogen-bond acceptors (Lipinski definition) is 0. The topological polar surface area (TPSA) is 19.7 Å². The van der Waals surface area contributed by atoms with Crippen LogP contribution in [0.4, 0.5) is 0 Å². The third-order valence-corrected chi connectivity index (χ3v) is 8.37. The molecule has 0 amide bonds. The van der Waals surface area contributed by atoms with Gasteiger partial charge in [0.25, 0.3) is 5.82 Å². The molecule has 0 unspecified atom stereocenters. The van der Waals surface area contributed by atoms with Gasteiger partial charge in [0.2, 0.25) is 0 Å². The molecule has 2 nitrogen and oxygen atoms in total. The predicted molar refractivity (Wildman–Crippen MR) is 165 cm³/mol. The highest BCUT2D eigenvalue weighted by atomic mass is 35.5. The first-order chi connectivity index (χ1) is 18.4. The number of hydrogen-bond donors (Lipinski definition) is 1. The Bertz CT molecular complexity index is 509. The van der Waals surface area contributed by atoms with Crippen LogP contribution in [0.5, 0.6) is 0 Å². The van der Waals surface area contributed by atoms with Crippen LogP contribution in [0, 0.1) is 0 Å². The Hall–Kier alpha value is -0.500. The average Bonchev–Trinajstić information content (AvgIpc) is 3.36. The van der Waals surface area contributed by atoms with Gasteiger partial charge in [-0.25, -0.2) is 9.55 Å². The summed E-state index contributed by atoms with van der Waals surface area (Å²) in [5.74, 6) is 1.45. The van der Waals surface area contributed by atoms with Crippen molar-refractivity contribution in [1.82, 2.24) is 4.98 Å². The van der Waals surface area contributed by atoms with Crippen LogP contribution in [0.25, 0.3) is 0 Å². The van der Waals surface area contributed by atoms with Crippen molar-refractivity contribution >= 4 is 0 Å². The fraction of sp³-hybridized carbons (Fsp3) is 0.914. The average molecular weight is 553 g/mol. The largest absolute Gasteiger partial charge is 1.00 e. The molecule has 0 radical (unpaired) electrons. The van der Waals surface area contributed by atoms with E-state index in [9.17, 15) is 0 Å². The summed E-state index contributed by atoms with van der Waals surface area (Å²) >= 11 is 0. The molecule has 0 aromatic carbocycles. The lowest BCUT2D eigenvalue weighted by Crippen LogP contribution is -3.00. The Labute approximate surface area is 246 Å². The number of nitrogens with zero attached hydrogens (tertiary/aromatic N) is 1. The number of aromatic amines is 1. The molecule has 3 heteroatoms. The fourth-order valence-corrected chi connectivity index (χ4v) is 5.79. The highest BCUT2D eigenvalue weighted by molar-refractivity contribution is 4.77. The summed E-state index contributed by atoms with van der Waals surface area (Å²) in [5, 5.41) is 0. The van der Waals surface area contributed by atoms with Crippen LogP contribution in [-0.4, -0.2) is 4.98 Å². The van der Waals surface area contributed by atoms with Gasteiger partial charge in [-0.1, -0.05) is 174 Å². The van der Waals surface area contributed by atoms with E-state index in [1.165, 1.54) is 199 Å². The molecule has 1 rings (SSSR count). The Morgan fingerprint density at radius 2 is 0.763 bits per heavy atom. The molecule has 1 N–H and O–H groups in total. The zero-order valence-corrected chi connectivity index (χ0v) is 26.9. The molecule has 38 heavy (non-hydrogen) atoms. The van der Waals surface area contributed by atoms with E-state index < -0.39 is 0 Å². The summed E-state index contributed by atoms with van der Waals surface area (Å²) in [5.41, 5.74) is 0. The van der Waals surface area contributed by atoms with E-state index in [0.717, 1.165) is 0 Å². The number of imidazole rings is 1. The maximum atomic E-state index is 3.51. The zero-order chi connectivity index (χ0) is 26.5. The van der Waals surface area contributed by atoms with Gasteiger partial charge >= 0.3 is 0 Å². The molecule has 0 fully saturated rings.